The monoisotopic (exact) mass is 287 g/mol. The quantitative estimate of drug-likeness (QED) is 0.783. The zero-order valence-electron chi connectivity index (χ0n) is 10.5. The van der Waals surface area contributed by atoms with Crippen LogP contribution >= 0.6 is 0 Å². The third-order valence-corrected chi connectivity index (χ3v) is 2.80. The highest BCUT2D eigenvalue weighted by atomic mass is 16.4. The van der Waals surface area contributed by atoms with Gasteiger partial charge in [-0.2, -0.15) is 0 Å². The van der Waals surface area contributed by atoms with E-state index in [-0.39, 0.29) is 27.9 Å². The molecular formula is C14H9NO6. The van der Waals surface area contributed by atoms with Crippen molar-refractivity contribution in [1.29, 1.82) is 0 Å². The summed E-state index contributed by atoms with van der Waals surface area (Å²) in [6.45, 7) is 0. The van der Waals surface area contributed by atoms with Gasteiger partial charge >= 0.3 is 17.9 Å². The number of rotatable bonds is 4. The topological polar surface area (TPSA) is 125 Å². The molecule has 1 heterocycles. The number of hydrogen-bond donors (Lipinski definition) is 3. The van der Waals surface area contributed by atoms with E-state index in [4.69, 9.17) is 10.2 Å². The summed E-state index contributed by atoms with van der Waals surface area (Å²) in [6, 6.07) is 6.60. The van der Waals surface area contributed by atoms with Gasteiger partial charge in [0, 0.05) is 11.8 Å². The highest BCUT2D eigenvalue weighted by Crippen LogP contribution is 2.25. The lowest BCUT2D eigenvalue weighted by molar-refractivity contribution is 0.0652. The summed E-state index contributed by atoms with van der Waals surface area (Å²) < 4.78 is 0. The summed E-state index contributed by atoms with van der Waals surface area (Å²) in [5, 5.41) is 27.0. The predicted molar refractivity (Wildman–Crippen MR) is 70.6 cm³/mol. The first-order valence-corrected chi connectivity index (χ1v) is 5.71. The van der Waals surface area contributed by atoms with Gasteiger partial charge < -0.3 is 15.3 Å². The van der Waals surface area contributed by atoms with Crippen LogP contribution in [0.15, 0.2) is 36.5 Å². The first kappa shape index (κ1) is 14.2. The number of aromatic nitrogens is 1. The maximum atomic E-state index is 11.3. The van der Waals surface area contributed by atoms with Gasteiger partial charge in [0.25, 0.3) is 0 Å². The minimum atomic E-state index is -1.40. The van der Waals surface area contributed by atoms with E-state index < -0.39 is 17.9 Å². The zero-order valence-corrected chi connectivity index (χ0v) is 10.5. The molecule has 0 saturated heterocycles. The summed E-state index contributed by atoms with van der Waals surface area (Å²) in [5.74, 6) is -3.92. The molecule has 7 nitrogen and oxygen atoms in total. The molecule has 106 valence electrons. The smallest absolute Gasteiger partial charge is 0.337 e. The van der Waals surface area contributed by atoms with E-state index in [1.54, 1.807) is 0 Å². The van der Waals surface area contributed by atoms with E-state index in [9.17, 15) is 19.5 Å². The zero-order chi connectivity index (χ0) is 15.6. The highest BCUT2D eigenvalue weighted by Gasteiger charge is 2.21. The predicted octanol–water partition coefficient (Wildman–Crippen LogP) is 1.84. The third kappa shape index (κ3) is 2.71. The van der Waals surface area contributed by atoms with Gasteiger partial charge in [-0.05, 0) is 18.2 Å². The molecule has 0 atom stereocenters. The van der Waals surface area contributed by atoms with Crippen LogP contribution in [0.4, 0.5) is 0 Å². The Bertz CT molecular complexity index is 736. The Morgan fingerprint density at radius 2 is 1.57 bits per heavy atom. The van der Waals surface area contributed by atoms with Gasteiger partial charge in [-0.15, -0.1) is 0 Å². The number of benzene rings is 1. The average molecular weight is 287 g/mol. The largest absolute Gasteiger partial charge is 0.478 e. The molecule has 0 unspecified atom stereocenters. The van der Waals surface area contributed by atoms with Crippen molar-refractivity contribution in [2.75, 3.05) is 0 Å². The van der Waals surface area contributed by atoms with Crippen molar-refractivity contribution in [3.8, 4) is 11.3 Å². The number of carbonyl (C=O) groups is 3. The Kier molecular flexibility index (Phi) is 3.66. The summed E-state index contributed by atoms with van der Waals surface area (Å²) in [6.07, 6.45) is 1.08. The molecule has 0 aliphatic heterocycles. The molecule has 0 spiro atoms. The summed E-state index contributed by atoms with van der Waals surface area (Å²) >= 11 is 0. The Labute approximate surface area is 118 Å². The highest BCUT2D eigenvalue weighted by molar-refractivity contribution is 6.06. The fraction of sp³-hybridized carbons (Fsp3) is 0. The normalized spacial score (nSPS) is 10.1. The van der Waals surface area contributed by atoms with E-state index in [0.717, 1.165) is 6.20 Å². The maximum absolute atomic E-state index is 11.3. The molecule has 0 bridgehead atoms. The van der Waals surface area contributed by atoms with Gasteiger partial charge in [-0.1, -0.05) is 12.1 Å². The van der Waals surface area contributed by atoms with Crippen molar-refractivity contribution in [2.24, 2.45) is 0 Å². The number of carboxylic acids is 3. The van der Waals surface area contributed by atoms with Crippen LogP contribution in [-0.4, -0.2) is 38.2 Å². The minimum Gasteiger partial charge on any atom is -0.478 e. The SMILES string of the molecule is O=C(O)c1ccc(-c2cccc(C(=O)O)c2C(=O)O)nc1. The Morgan fingerprint density at radius 3 is 2.05 bits per heavy atom. The van der Waals surface area contributed by atoms with Gasteiger partial charge in [-0.3, -0.25) is 4.98 Å². The molecule has 0 saturated carbocycles. The van der Waals surface area contributed by atoms with Crippen molar-refractivity contribution >= 4 is 17.9 Å². The van der Waals surface area contributed by atoms with Gasteiger partial charge in [0.1, 0.15) is 0 Å². The van der Waals surface area contributed by atoms with E-state index in [1.807, 2.05) is 0 Å². The molecule has 0 fully saturated rings. The summed E-state index contributed by atoms with van der Waals surface area (Å²) in [7, 11) is 0. The Balaban J connectivity index is 2.63. The number of carboxylic acid groups (broad SMARTS) is 3. The first-order valence-electron chi connectivity index (χ1n) is 5.71. The number of nitrogens with zero attached hydrogens (tertiary/aromatic N) is 1. The van der Waals surface area contributed by atoms with Crippen molar-refractivity contribution in [3.63, 3.8) is 0 Å². The first-order chi connectivity index (χ1) is 9.91. The molecule has 3 N–H and O–H groups in total. The van der Waals surface area contributed by atoms with Crippen LogP contribution in [0.2, 0.25) is 0 Å². The van der Waals surface area contributed by atoms with Gasteiger partial charge in [0.05, 0.1) is 22.4 Å². The molecule has 1 aromatic heterocycles. The lowest BCUT2D eigenvalue weighted by Crippen LogP contribution is -2.10. The molecule has 2 rings (SSSR count). The fourth-order valence-corrected chi connectivity index (χ4v) is 1.85. The molecule has 0 amide bonds. The average Bonchev–Trinajstić information content (AvgIpc) is 2.46. The van der Waals surface area contributed by atoms with Crippen LogP contribution in [0, 0.1) is 0 Å². The van der Waals surface area contributed by atoms with Gasteiger partial charge in [0.2, 0.25) is 0 Å². The van der Waals surface area contributed by atoms with Crippen molar-refractivity contribution in [3.05, 3.63) is 53.2 Å². The van der Waals surface area contributed by atoms with Crippen LogP contribution in [-0.2, 0) is 0 Å². The molecule has 0 aliphatic rings. The number of pyridine rings is 1. The summed E-state index contributed by atoms with van der Waals surface area (Å²) in [5.41, 5.74) is -0.505. The molecule has 2 aromatic rings. The number of hydrogen-bond acceptors (Lipinski definition) is 4. The lowest BCUT2D eigenvalue weighted by Gasteiger charge is -2.08. The van der Waals surface area contributed by atoms with Gasteiger partial charge in [0.15, 0.2) is 0 Å². The lowest BCUT2D eigenvalue weighted by atomic mass is 9.98. The van der Waals surface area contributed by atoms with Crippen LogP contribution in [0.3, 0.4) is 0 Å². The minimum absolute atomic E-state index is 0.0509. The van der Waals surface area contributed by atoms with Crippen LogP contribution in [0.5, 0.6) is 0 Å². The van der Waals surface area contributed by atoms with Crippen LogP contribution in [0.1, 0.15) is 31.1 Å². The second-order valence-electron chi connectivity index (χ2n) is 4.08. The Hall–Kier alpha value is -3.22. The van der Waals surface area contributed by atoms with Crippen molar-refractivity contribution < 1.29 is 29.7 Å². The fourth-order valence-electron chi connectivity index (χ4n) is 1.85. The maximum Gasteiger partial charge on any atom is 0.337 e. The number of aromatic carboxylic acids is 3. The molecule has 1 aromatic carbocycles. The van der Waals surface area contributed by atoms with Crippen LogP contribution < -0.4 is 0 Å². The Morgan fingerprint density at radius 1 is 0.857 bits per heavy atom. The second-order valence-corrected chi connectivity index (χ2v) is 4.08. The van der Waals surface area contributed by atoms with E-state index in [2.05, 4.69) is 4.98 Å². The molecule has 0 radical (unpaired) electrons. The molecule has 7 heteroatoms. The molecule has 21 heavy (non-hydrogen) atoms. The second kappa shape index (κ2) is 5.41. The van der Waals surface area contributed by atoms with E-state index >= 15 is 0 Å². The van der Waals surface area contributed by atoms with E-state index in [0.29, 0.717) is 0 Å². The molecule has 0 aliphatic carbocycles. The standard InChI is InChI=1S/C14H9NO6/c16-12(17)7-4-5-10(15-6-7)8-2-1-3-9(13(18)19)11(8)14(20)21/h1-6H,(H,16,17)(H,18,19)(H,20,21). The molecular weight excluding hydrogens is 278 g/mol. The third-order valence-electron chi connectivity index (χ3n) is 2.80. The summed E-state index contributed by atoms with van der Waals surface area (Å²) in [4.78, 5) is 37.0. The van der Waals surface area contributed by atoms with Crippen molar-refractivity contribution in [2.45, 2.75) is 0 Å². The van der Waals surface area contributed by atoms with E-state index in [1.165, 1.54) is 30.3 Å². The van der Waals surface area contributed by atoms with Gasteiger partial charge in [-0.25, -0.2) is 14.4 Å². The van der Waals surface area contributed by atoms with Crippen LogP contribution in [0.25, 0.3) is 11.3 Å². The van der Waals surface area contributed by atoms with Crippen molar-refractivity contribution in [1.82, 2.24) is 4.98 Å².